The Morgan fingerprint density at radius 3 is 2.52 bits per heavy atom. The van der Waals surface area contributed by atoms with Crippen molar-refractivity contribution in [1.82, 2.24) is 10.2 Å². The number of carbonyl (C=O) groups is 2. The lowest BCUT2D eigenvalue weighted by molar-refractivity contribution is -0.121. The minimum absolute atomic E-state index is 0.0398. The molecule has 0 saturated heterocycles. The van der Waals surface area contributed by atoms with Gasteiger partial charge in [0.2, 0.25) is 5.91 Å². The zero-order valence-corrected chi connectivity index (χ0v) is 17.5. The van der Waals surface area contributed by atoms with Crippen LogP contribution < -0.4 is 5.32 Å². The molecular formula is C25H32N2O2. The lowest BCUT2D eigenvalue weighted by atomic mass is 9.89. The number of aryl methyl sites for hydroxylation is 2. The fourth-order valence-corrected chi connectivity index (χ4v) is 3.92. The summed E-state index contributed by atoms with van der Waals surface area (Å²) >= 11 is 0. The maximum atomic E-state index is 12.4. The number of amides is 1. The molecule has 0 bridgehead atoms. The first kappa shape index (κ1) is 21.3. The molecule has 29 heavy (non-hydrogen) atoms. The molecule has 1 aliphatic rings. The van der Waals surface area contributed by atoms with Crippen LogP contribution >= 0.6 is 0 Å². The molecule has 4 heteroatoms. The number of Topliss-reactive ketones (excluding diaryl/α,β-unsaturated/α-hetero) is 1. The van der Waals surface area contributed by atoms with Crippen molar-refractivity contribution in [2.75, 3.05) is 20.1 Å². The molecule has 3 rings (SSSR count). The number of hydrogen-bond acceptors (Lipinski definition) is 3. The third kappa shape index (κ3) is 6.82. The van der Waals surface area contributed by atoms with Crippen LogP contribution in [-0.2, 0) is 24.2 Å². The van der Waals surface area contributed by atoms with Gasteiger partial charge < -0.3 is 10.2 Å². The summed E-state index contributed by atoms with van der Waals surface area (Å²) in [5.41, 5.74) is 4.73. The Labute approximate surface area is 174 Å². The van der Waals surface area contributed by atoms with E-state index < -0.39 is 0 Å². The van der Waals surface area contributed by atoms with E-state index in [9.17, 15) is 9.59 Å². The molecule has 154 valence electrons. The van der Waals surface area contributed by atoms with Gasteiger partial charge in [0.1, 0.15) is 0 Å². The summed E-state index contributed by atoms with van der Waals surface area (Å²) in [6.07, 6.45) is 6.06. The number of carbonyl (C=O) groups excluding carboxylic acids is 2. The Kier molecular flexibility index (Phi) is 8.00. The van der Waals surface area contributed by atoms with Gasteiger partial charge in [-0.1, -0.05) is 42.5 Å². The van der Waals surface area contributed by atoms with Crippen molar-refractivity contribution >= 4 is 11.7 Å². The molecule has 0 unspecified atom stereocenters. The molecule has 2 aromatic carbocycles. The van der Waals surface area contributed by atoms with Gasteiger partial charge in [-0.2, -0.15) is 0 Å². The number of hydrogen-bond donors (Lipinski definition) is 1. The Balaban J connectivity index is 1.32. The minimum Gasteiger partial charge on any atom is -0.356 e. The van der Waals surface area contributed by atoms with Crippen molar-refractivity contribution in [2.45, 2.75) is 51.5 Å². The second-order valence-electron chi connectivity index (χ2n) is 8.04. The SMILES string of the molecule is CN(CCCNC(=O)CCC(=O)c1ccc2c(c1)CCCC2)Cc1ccccc1. The summed E-state index contributed by atoms with van der Waals surface area (Å²) in [5, 5.41) is 2.94. The Morgan fingerprint density at radius 1 is 0.966 bits per heavy atom. The molecule has 0 fully saturated rings. The third-order valence-corrected chi connectivity index (χ3v) is 5.58. The van der Waals surface area contributed by atoms with Gasteiger partial charge in [-0.05, 0) is 68.5 Å². The second kappa shape index (κ2) is 10.9. The maximum Gasteiger partial charge on any atom is 0.220 e. The zero-order valence-electron chi connectivity index (χ0n) is 17.5. The predicted molar refractivity (Wildman–Crippen MR) is 117 cm³/mol. The van der Waals surface area contributed by atoms with Crippen LogP contribution in [0.5, 0.6) is 0 Å². The summed E-state index contributed by atoms with van der Waals surface area (Å²) in [4.78, 5) is 26.8. The standard InChI is InChI=1S/C25H32N2O2/c1-27(19-20-8-3-2-4-9-20)17-7-16-26-25(29)15-14-24(28)23-13-12-21-10-5-6-11-22(21)18-23/h2-4,8-9,12-13,18H,5-7,10-11,14-17,19H2,1H3,(H,26,29). The Morgan fingerprint density at radius 2 is 1.72 bits per heavy atom. The zero-order chi connectivity index (χ0) is 20.5. The van der Waals surface area contributed by atoms with Gasteiger partial charge in [0.05, 0.1) is 0 Å². The van der Waals surface area contributed by atoms with Crippen molar-refractivity contribution in [3.8, 4) is 0 Å². The molecule has 0 aliphatic heterocycles. The van der Waals surface area contributed by atoms with E-state index in [1.807, 2.05) is 18.2 Å². The van der Waals surface area contributed by atoms with Crippen molar-refractivity contribution in [2.24, 2.45) is 0 Å². The number of nitrogens with one attached hydrogen (secondary N) is 1. The summed E-state index contributed by atoms with van der Waals surface area (Å²) in [6, 6.07) is 16.4. The highest BCUT2D eigenvalue weighted by Crippen LogP contribution is 2.22. The molecule has 0 radical (unpaired) electrons. The number of benzene rings is 2. The Hall–Kier alpha value is -2.46. The van der Waals surface area contributed by atoms with E-state index in [1.54, 1.807) is 0 Å². The van der Waals surface area contributed by atoms with Crippen LogP contribution in [0.25, 0.3) is 0 Å². The summed E-state index contributed by atoms with van der Waals surface area (Å²) in [6.45, 7) is 2.47. The lowest BCUT2D eigenvalue weighted by Crippen LogP contribution is -2.28. The van der Waals surface area contributed by atoms with Crippen LogP contribution in [0.15, 0.2) is 48.5 Å². The third-order valence-electron chi connectivity index (χ3n) is 5.58. The quantitative estimate of drug-likeness (QED) is 0.488. The topological polar surface area (TPSA) is 49.4 Å². The summed E-state index contributed by atoms with van der Waals surface area (Å²) < 4.78 is 0. The van der Waals surface area contributed by atoms with Crippen LogP contribution in [0, 0.1) is 0 Å². The molecule has 1 N–H and O–H groups in total. The average Bonchev–Trinajstić information content (AvgIpc) is 2.75. The first-order valence-corrected chi connectivity index (χ1v) is 10.8. The van der Waals surface area contributed by atoms with E-state index in [4.69, 9.17) is 0 Å². The van der Waals surface area contributed by atoms with Gasteiger partial charge in [-0.15, -0.1) is 0 Å². The van der Waals surface area contributed by atoms with Crippen molar-refractivity contribution < 1.29 is 9.59 Å². The highest BCUT2D eigenvalue weighted by molar-refractivity contribution is 5.98. The molecule has 1 amide bonds. The maximum absolute atomic E-state index is 12.4. The molecule has 0 atom stereocenters. The number of fused-ring (bicyclic) bond motifs is 1. The van der Waals surface area contributed by atoms with Crippen molar-refractivity contribution in [1.29, 1.82) is 0 Å². The van der Waals surface area contributed by atoms with Crippen molar-refractivity contribution in [3.63, 3.8) is 0 Å². The van der Waals surface area contributed by atoms with Gasteiger partial charge in [-0.3, -0.25) is 9.59 Å². The largest absolute Gasteiger partial charge is 0.356 e. The van der Waals surface area contributed by atoms with Crippen LogP contribution in [0.3, 0.4) is 0 Å². The first-order chi connectivity index (χ1) is 14.1. The Bertz CT molecular complexity index is 817. The van der Waals surface area contributed by atoms with E-state index in [0.29, 0.717) is 6.54 Å². The first-order valence-electron chi connectivity index (χ1n) is 10.8. The number of ketones is 1. The van der Waals surface area contributed by atoms with E-state index in [-0.39, 0.29) is 24.5 Å². The van der Waals surface area contributed by atoms with Gasteiger partial charge in [0.25, 0.3) is 0 Å². The van der Waals surface area contributed by atoms with E-state index in [2.05, 4.69) is 47.6 Å². The van der Waals surface area contributed by atoms with E-state index in [1.165, 1.54) is 29.5 Å². The molecular weight excluding hydrogens is 360 g/mol. The minimum atomic E-state index is -0.0398. The molecule has 0 aromatic heterocycles. The number of rotatable bonds is 10. The van der Waals surface area contributed by atoms with Crippen LogP contribution in [-0.4, -0.2) is 36.7 Å². The van der Waals surface area contributed by atoms with Gasteiger partial charge in [0.15, 0.2) is 5.78 Å². The monoisotopic (exact) mass is 392 g/mol. The second-order valence-corrected chi connectivity index (χ2v) is 8.04. The fourth-order valence-electron chi connectivity index (χ4n) is 3.92. The average molecular weight is 393 g/mol. The van der Waals surface area contributed by atoms with Gasteiger partial charge in [0, 0.05) is 31.5 Å². The predicted octanol–water partition coefficient (Wildman–Crippen LogP) is 4.17. The summed E-state index contributed by atoms with van der Waals surface area (Å²) in [7, 11) is 2.09. The van der Waals surface area contributed by atoms with Crippen molar-refractivity contribution in [3.05, 3.63) is 70.8 Å². The fraction of sp³-hybridized carbons (Fsp3) is 0.440. The molecule has 0 spiro atoms. The lowest BCUT2D eigenvalue weighted by Gasteiger charge is -2.17. The van der Waals surface area contributed by atoms with Crippen LogP contribution in [0.4, 0.5) is 0 Å². The molecule has 1 aliphatic carbocycles. The normalized spacial score (nSPS) is 13.2. The molecule has 4 nitrogen and oxygen atoms in total. The smallest absolute Gasteiger partial charge is 0.220 e. The highest BCUT2D eigenvalue weighted by atomic mass is 16.2. The molecule has 2 aromatic rings. The van der Waals surface area contributed by atoms with E-state index >= 15 is 0 Å². The molecule has 0 saturated carbocycles. The van der Waals surface area contributed by atoms with E-state index in [0.717, 1.165) is 37.9 Å². The van der Waals surface area contributed by atoms with Crippen LogP contribution in [0.1, 0.15) is 59.2 Å². The number of nitrogens with zero attached hydrogens (tertiary/aromatic N) is 1. The molecule has 0 heterocycles. The van der Waals surface area contributed by atoms with Gasteiger partial charge in [-0.25, -0.2) is 0 Å². The summed E-state index contributed by atoms with van der Waals surface area (Å²) in [5.74, 6) is 0.0261. The van der Waals surface area contributed by atoms with Gasteiger partial charge >= 0.3 is 0 Å². The highest BCUT2D eigenvalue weighted by Gasteiger charge is 2.14. The van der Waals surface area contributed by atoms with Crippen LogP contribution in [0.2, 0.25) is 0 Å².